The van der Waals surface area contributed by atoms with Gasteiger partial charge in [-0.05, 0) is 36.4 Å². The van der Waals surface area contributed by atoms with Crippen LogP contribution in [0, 0.1) is 0 Å². The number of para-hydroxylation sites is 2. The van der Waals surface area contributed by atoms with Crippen molar-refractivity contribution in [2.75, 3.05) is 19.0 Å². The maximum absolute atomic E-state index is 13.1. The number of fused-ring (bicyclic) bond motifs is 4. The Hall–Kier alpha value is -3.60. The Morgan fingerprint density at radius 2 is 1.30 bits per heavy atom. The van der Waals surface area contributed by atoms with Crippen molar-refractivity contribution in [3.63, 3.8) is 0 Å². The fourth-order valence-electron chi connectivity index (χ4n) is 3.51. The largest absolute Gasteiger partial charge is 0.456 e. The first-order chi connectivity index (χ1) is 13.0. The van der Waals surface area contributed by atoms with Crippen molar-refractivity contribution >= 4 is 49.6 Å². The van der Waals surface area contributed by atoms with Crippen molar-refractivity contribution in [1.29, 1.82) is 0 Å². The molecule has 0 unspecified atom stereocenters. The molecule has 0 atom stereocenters. The molecule has 27 heavy (non-hydrogen) atoms. The van der Waals surface area contributed by atoms with E-state index in [9.17, 15) is 9.59 Å². The number of nitrogens with zero attached hydrogens (tertiary/aromatic N) is 1. The summed E-state index contributed by atoms with van der Waals surface area (Å²) in [7, 11) is 3.78. The van der Waals surface area contributed by atoms with Gasteiger partial charge < -0.3 is 13.7 Å². The van der Waals surface area contributed by atoms with E-state index in [2.05, 4.69) is 0 Å². The predicted octanol–water partition coefficient (Wildman–Crippen LogP) is 4.27. The first-order valence-corrected chi connectivity index (χ1v) is 8.57. The standard InChI is InChI=1S/C22H15NO4/c1-23(2)16-8-5-7-13-21(25)15-10-18-14(11-19(15)27-22(13)16)20(24)12-6-3-4-9-17(12)26-18/h3-11H,1-2H3. The van der Waals surface area contributed by atoms with E-state index < -0.39 is 0 Å². The van der Waals surface area contributed by atoms with Crippen molar-refractivity contribution in [2.45, 2.75) is 0 Å². The molecular formula is C22H15NO4. The van der Waals surface area contributed by atoms with Crippen LogP contribution < -0.4 is 15.8 Å². The summed E-state index contributed by atoms with van der Waals surface area (Å²) in [5, 5.41) is 1.79. The lowest BCUT2D eigenvalue weighted by Crippen LogP contribution is -2.11. The lowest BCUT2D eigenvalue weighted by atomic mass is 10.1. The van der Waals surface area contributed by atoms with Gasteiger partial charge in [0, 0.05) is 14.1 Å². The molecule has 0 N–H and O–H groups in total. The van der Waals surface area contributed by atoms with E-state index in [1.165, 1.54) is 0 Å². The van der Waals surface area contributed by atoms with Crippen molar-refractivity contribution < 1.29 is 8.83 Å². The summed E-state index contributed by atoms with van der Waals surface area (Å²) in [5.74, 6) is 0. The molecule has 0 amide bonds. The molecule has 0 aliphatic carbocycles. The molecule has 5 nitrogen and oxygen atoms in total. The van der Waals surface area contributed by atoms with Crippen LogP contribution in [0.3, 0.4) is 0 Å². The Morgan fingerprint density at radius 3 is 2.04 bits per heavy atom. The third kappa shape index (κ3) is 2.18. The summed E-state index contributed by atoms with van der Waals surface area (Å²) in [6.45, 7) is 0. The molecule has 3 aromatic carbocycles. The van der Waals surface area contributed by atoms with Gasteiger partial charge in [-0.1, -0.05) is 18.2 Å². The SMILES string of the molecule is CN(C)c1cccc2c(=O)c3cc4oc5ccccc5c(=O)c4cc3oc12. The van der Waals surface area contributed by atoms with Crippen LogP contribution in [0.1, 0.15) is 0 Å². The van der Waals surface area contributed by atoms with Crippen LogP contribution in [-0.4, -0.2) is 14.1 Å². The molecule has 0 aliphatic heterocycles. The van der Waals surface area contributed by atoms with Gasteiger partial charge in [0.25, 0.3) is 0 Å². The van der Waals surface area contributed by atoms with Crippen LogP contribution in [0.15, 0.2) is 73.0 Å². The molecule has 5 aromatic rings. The highest BCUT2D eigenvalue weighted by molar-refractivity contribution is 6.01. The molecule has 2 aromatic heterocycles. The molecule has 0 radical (unpaired) electrons. The van der Waals surface area contributed by atoms with Gasteiger partial charge in [0.1, 0.15) is 16.7 Å². The summed E-state index contributed by atoms with van der Waals surface area (Å²) < 4.78 is 11.9. The minimum atomic E-state index is -0.146. The van der Waals surface area contributed by atoms with Gasteiger partial charge in [0.05, 0.1) is 27.2 Å². The number of hydrogen-bond donors (Lipinski definition) is 0. The van der Waals surface area contributed by atoms with Crippen LogP contribution in [0.4, 0.5) is 5.69 Å². The van der Waals surface area contributed by atoms with Crippen LogP contribution in [-0.2, 0) is 0 Å². The Morgan fingerprint density at radius 1 is 0.667 bits per heavy atom. The van der Waals surface area contributed by atoms with Crippen LogP contribution >= 0.6 is 0 Å². The minimum Gasteiger partial charge on any atom is -0.456 e. The van der Waals surface area contributed by atoms with E-state index in [-0.39, 0.29) is 10.9 Å². The maximum atomic E-state index is 13.1. The molecule has 0 spiro atoms. The topological polar surface area (TPSA) is 63.7 Å². The average molecular weight is 357 g/mol. The van der Waals surface area contributed by atoms with Crippen molar-refractivity contribution in [3.05, 3.63) is 75.0 Å². The molecule has 0 bridgehead atoms. The Bertz CT molecular complexity index is 1490. The number of benzene rings is 3. The van der Waals surface area contributed by atoms with Gasteiger partial charge in [-0.15, -0.1) is 0 Å². The fraction of sp³-hybridized carbons (Fsp3) is 0.0909. The lowest BCUT2D eigenvalue weighted by molar-refractivity contribution is 0.652. The first-order valence-electron chi connectivity index (χ1n) is 8.57. The third-order valence-corrected chi connectivity index (χ3v) is 4.86. The first kappa shape index (κ1) is 15.6. The maximum Gasteiger partial charge on any atom is 0.200 e. The quantitative estimate of drug-likeness (QED) is 0.419. The van der Waals surface area contributed by atoms with Gasteiger partial charge in [0.2, 0.25) is 10.9 Å². The summed E-state index contributed by atoms with van der Waals surface area (Å²) in [6, 6.07) is 15.7. The van der Waals surface area contributed by atoms with Gasteiger partial charge in [-0.2, -0.15) is 0 Å². The molecule has 132 valence electrons. The molecule has 2 heterocycles. The van der Waals surface area contributed by atoms with Gasteiger partial charge in [0.15, 0.2) is 5.58 Å². The molecule has 0 saturated carbocycles. The monoisotopic (exact) mass is 357 g/mol. The molecular weight excluding hydrogens is 342 g/mol. The Balaban J connectivity index is 2.00. The van der Waals surface area contributed by atoms with Gasteiger partial charge >= 0.3 is 0 Å². The second-order valence-corrected chi connectivity index (χ2v) is 6.75. The Labute approximate surface area is 153 Å². The third-order valence-electron chi connectivity index (χ3n) is 4.86. The second kappa shape index (κ2) is 5.45. The number of anilines is 1. The fourth-order valence-corrected chi connectivity index (χ4v) is 3.51. The zero-order valence-electron chi connectivity index (χ0n) is 14.8. The van der Waals surface area contributed by atoms with E-state index in [0.717, 1.165) is 5.69 Å². The van der Waals surface area contributed by atoms with Crippen molar-refractivity contribution in [2.24, 2.45) is 0 Å². The normalized spacial score (nSPS) is 11.6. The predicted molar refractivity (Wildman–Crippen MR) is 108 cm³/mol. The Kier molecular flexibility index (Phi) is 3.15. The molecule has 5 rings (SSSR count). The summed E-state index contributed by atoms with van der Waals surface area (Å²) in [6.07, 6.45) is 0. The summed E-state index contributed by atoms with van der Waals surface area (Å²) >= 11 is 0. The number of rotatable bonds is 1. The van der Waals surface area contributed by atoms with E-state index >= 15 is 0 Å². The zero-order valence-corrected chi connectivity index (χ0v) is 14.8. The average Bonchev–Trinajstić information content (AvgIpc) is 2.67. The smallest absolute Gasteiger partial charge is 0.200 e. The van der Waals surface area contributed by atoms with E-state index in [0.29, 0.717) is 43.9 Å². The highest BCUT2D eigenvalue weighted by atomic mass is 16.3. The minimum absolute atomic E-state index is 0.141. The van der Waals surface area contributed by atoms with Crippen molar-refractivity contribution in [1.82, 2.24) is 0 Å². The van der Waals surface area contributed by atoms with E-state index in [4.69, 9.17) is 8.83 Å². The summed E-state index contributed by atoms with van der Waals surface area (Å²) in [5.41, 5.74) is 2.26. The van der Waals surface area contributed by atoms with Crippen LogP contribution in [0.25, 0.3) is 43.9 Å². The molecule has 0 aliphatic rings. The summed E-state index contributed by atoms with van der Waals surface area (Å²) in [4.78, 5) is 27.8. The van der Waals surface area contributed by atoms with Crippen LogP contribution in [0.5, 0.6) is 0 Å². The van der Waals surface area contributed by atoms with Gasteiger partial charge in [-0.25, -0.2) is 0 Å². The second-order valence-electron chi connectivity index (χ2n) is 6.75. The van der Waals surface area contributed by atoms with Crippen molar-refractivity contribution in [3.8, 4) is 0 Å². The van der Waals surface area contributed by atoms with Gasteiger partial charge in [-0.3, -0.25) is 9.59 Å². The van der Waals surface area contributed by atoms with E-state index in [1.807, 2.05) is 37.2 Å². The lowest BCUT2D eigenvalue weighted by Gasteiger charge is -2.14. The van der Waals surface area contributed by atoms with E-state index in [1.54, 1.807) is 36.4 Å². The molecule has 0 saturated heterocycles. The molecule has 5 heteroatoms. The highest BCUT2D eigenvalue weighted by Crippen LogP contribution is 2.29. The zero-order chi connectivity index (χ0) is 18.7. The molecule has 0 fully saturated rings. The van der Waals surface area contributed by atoms with Crippen LogP contribution in [0.2, 0.25) is 0 Å². The highest BCUT2D eigenvalue weighted by Gasteiger charge is 2.15. The number of hydrogen-bond acceptors (Lipinski definition) is 5.